The summed E-state index contributed by atoms with van der Waals surface area (Å²) in [7, 11) is 1.37. The fourth-order valence-corrected chi connectivity index (χ4v) is 2.57. The van der Waals surface area contributed by atoms with E-state index in [1.54, 1.807) is 12.1 Å². The Kier molecular flexibility index (Phi) is 3.66. The lowest BCUT2D eigenvalue weighted by atomic mass is 10.3. The molecule has 7 heteroatoms. The minimum Gasteiger partial charge on any atom is -0.453 e. The first-order valence-corrected chi connectivity index (χ1v) is 6.86. The van der Waals surface area contributed by atoms with Crippen molar-refractivity contribution in [2.24, 2.45) is 0 Å². The normalized spacial score (nSPS) is 19.0. The van der Waals surface area contributed by atoms with Crippen molar-refractivity contribution in [2.75, 3.05) is 25.9 Å². The topological polar surface area (TPSA) is 93.6 Å². The summed E-state index contributed by atoms with van der Waals surface area (Å²) in [6.45, 7) is 2.26. The maximum absolute atomic E-state index is 11.2. The van der Waals surface area contributed by atoms with Crippen LogP contribution in [0.1, 0.15) is 12.3 Å². The third kappa shape index (κ3) is 3.08. The number of oxazole rings is 1. The van der Waals surface area contributed by atoms with Crippen LogP contribution in [0.5, 0.6) is 0 Å². The average Bonchev–Trinajstić information content (AvgIpc) is 3.05. The highest BCUT2D eigenvalue weighted by molar-refractivity contribution is 5.76. The number of nitrogen functional groups attached to an aromatic ring is 1. The largest absolute Gasteiger partial charge is 0.453 e. The van der Waals surface area contributed by atoms with Gasteiger partial charge in [-0.15, -0.1) is 0 Å². The summed E-state index contributed by atoms with van der Waals surface area (Å²) in [5.41, 5.74) is 7.90. The van der Waals surface area contributed by atoms with Crippen LogP contribution in [0.4, 0.5) is 10.5 Å². The number of hydrogen-bond donors (Lipinski definition) is 2. The van der Waals surface area contributed by atoms with Crippen LogP contribution in [0.2, 0.25) is 0 Å². The van der Waals surface area contributed by atoms with Gasteiger partial charge in [0, 0.05) is 30.9 Å². The van der Waals surface area contributed by atoms with E-state index >= 15 is 0 Å². The van der Waals surface area contributed by atoms with Crippen LogP contribution in [0.25, 0.3) is 11.1 Å². The Labute approximate surface area is 122 Å². The van der Waals surface area contributed by atoms with Gasteiger partial charge in [-0.2, -0.15) is 0 Å². The maximum Gasteiger partial charge on any atom is 0.407 e. The first kappa shape index (κ1) is 13.7. The second kappa shape index (κ2) is 5.61. The Morgan fingerprint density at radius 3 is 3.29 bits per heavy atom. The number of anilines is 1. The van der Waals surface area contributed by atoms with Crippen LogP contribution < -0.4 is 11.1 Å². The van der Waals surface area contributed by atoms with E-state index in [4.69, 9.17) is 10.2 Å². The molecular formula is C14H18N4O3. The van der Waals surface area contributed by atoms with Gasteiger partial charge in [0.25, 0.3) is 0 Å². The van der Waals surface area contributed by atoms with Crippen LogP contribution >= 0.6 is 0 Å². The number of fused-ring (bicyclic) bond motifs is 1. The zero-order chi connectivity index (χ0) is 14.8. The standard InChI is InChI=1S/C14H18N4O3/c1-20-14(19)16-10-4-5-18(7-10)8-13-17-11-3-2-9(15)6-12(11)21-13/h2-3,6,10H,4-5,7-8,15H2,1H3,(H,16,19). The Hall–Kier alpha value is -2.28. The molecule has 1 amide bonds. The van der Waals surface area contributed by atoms with Crippen molar-refractivity contribution >= 4 is 22.9 Å². The number of methoxy groups -OCH3 is 1. The molecule has 0 bridgehead atoms. The smallest absolute Gasteiger partial charge is 0.407 e. The van der Waals surface area contributed by atoms with E-state index in [2.05, 4.69) is 19.9 Å². The molecule has 2 aromatic rings. The van der Waals surface area contributed by atoms with Crippen molar-refractivity contribution in [2.45, 2.75) is 19.0 Å². The molecule has 7 nitrogen and oxygen atoms in total. The molecule has 1 saturated heterocycles. The lowest BCUT2D eigenvalue weighted by molar-refractivity contribution is 0.166. The van der Waals surface area contributed by atoms with Gasteiger partial charge in [-0.05, 0) is 18.6 Å². The van der Waals surface area contributed by atoms with E-state index in [1.807, 2.05) is 6.07 Å². The zero-order valence-corrected chi connectivity index (χ0v) is 11.8. The number of rotatable bonds is 3. The van der Waals surface area contributed by atoms with E-state index in [0.717, 1.165) is 25.0 Å². The number of ether oxygens (including phenoxy) is 1. The quantitative estimate of drug-likeness (QED) is 0.829. The number of nitrogens with two attached hydrogens (primary N) is 1. The van der Waals surface area contributed by atoms with Gasteiger partial charge >= 0.3 is 6.09 Å². The van der Waals surface area contributed by atoms with Gasteiger partial charge in [-0.1, -0.05) is 0 Å². The van der Waals surface area contributed by atoms with Gasteiger partial charge in [-0.3, -0.25) is 4.90 Å². The summed E-state index contributed by atoms with van der Waals surface area (Å²) in [6, 6.07) is 5.54. The van der Waals surface area contributed by atoms with Crippen molar-refractivity contribution < 1.29 is 13.9 Å². The van der Waals surface area contributed by atoms with Crippen LogP contribution in [0.15, 0.2) is 22.6 Å². The Bertz CT molecular complexity index is 655. The first-order chi connectivity index (χ1) is 10.1. The number of nitrogens with one attached hydrogen (secondary N) is 1. The number of hydrogen-bond acceptors (Lipinski definition) is 6. The molecular weight excluding hydrogens is 272 g/mol. The van der Waals surface area contributed by atoms with Gasteiger partial charge in [0.05, 0.1) is 13.7 Å². The average molecular weight is 290 g/mol. The fraction of sp³-hybridized carbons (Fsp3) is 0.429. The summed E-state index contributed by atoms with van der Waals surface area (Å²) in [6.07, 6.45) is 0.502. The first-order valence-electron chi connectivity index (χ1n) is 6.86. The van der Waals surface area contributed by atoms with Crippen LogP contribution in [-0.4, -0.2) is 42.2 Å². The zero-order valence-electron chi connectivity index (χ0n) is 11.8. The van der Waals surface area contributed by atoms with Crippen molar-refractivity contribution in [3.05, 3.63) is 24.1 Å². The third-order valence-corrected chi connectivity index (χ3v) is 3.60. The Morgan fingerprint density at radius 2 is 2.48 bits per heavy atom. The number of aromatic nitrogens is 1. The molecule has 2 heterocycles. The Morgan fingerprint density at radius 1 is 1.62 bits per heavy atom. The molecule has 0 saturated carbocycles. The molecule has 1 atom stereocenters. The van der Waals surface area contributed by atoms with E-state index in [0.29, 0.717) is 23.7 Å². The molecule has 0 radical (unpaired) electrons. The van der Waals surface area contributed by atoms with E-state index in [9.17, 15) is 4.79 Å². The molecule has 3 rings (SSSR count). The van der Waals surface area contributed by atoms with Gasteiger partial charge in [0.1, 0.15) is 5.52 Å². The van der Waals surface area contributed by atoms with Gasteiger partial charge in [0.2, 0.25) is 5.89 Å². The predicted molar refractivity (Wildman–Crippen MR) is 77.6 cm³/mol. The lowest BCUT2D eigenvalue weighted by Crippen LogP contribution is -2.36. The van der Waals surface area contributed by atoms with Gasteiger partial charge in [0.15, 0.2) is 5.58 Å². The fourth-order valence-electron chi connectivity index (χ4n) is 2.57. The van der Waals surface area contributed by atoms with Crippen molar-refractivity contribution in [1.82, 2.24) is 15.2 Å². The van der Waals surface area contributed by atoms with Crippen LogP contribution in [0.3, 0.4) is 0 Å². The highest BCUT2D eigenvalue weighted by Gasteiger charge is 2.25. The van der Waals surface area contributed by atoms with E-state index in [1.165, 1.54) is 7.11 Å². The molecule has 1 fully saturated rings. The van der Waals surface area contributed by atoms with Crippen molar-refractivity contribution in [3.8, 4) is 0 Å². The molecule has 1 aromatic heterocycles. The third-order valence-electron chi connectivity index (χ3n) is 3.60. The van der Waals surface area contributed by atoms with Crippen molar-refractivity contribution in [1.29, 1.82) is 0 Å². The molecule has 21 heavy (non-hydrogen) atoms. The maximum atomic E-state index is 11.2. The highest BCUT2D eigenvalue weighted by Crippen LogP contribution is 2.20. The van der Waals surface area contributed by atoms with Crippen LogP contribution in [0, 0.1) is 0 Å². The van der Waals surface area contributed by atoms with Gasteiger partial charge < -0.3 is 20.2 Å². The second-order valence-corrected chi connectivity index (χ2v) is 5.19. The summed E-state index contributed by atoms with van der Waals surface area (Å²) >= 11 is 0. The number of alkyl carbamates (subject to hydrolysis) is 1. The predicted octanol–water partition coefficient (Wildman–Crippen LogP) is 1.34. The summed E-state index contributed by atoms with van der Waals surface area (Å²) in [5.74, 6) is 0.661. The molecule has 1 aromatic carbocycles. The van der Waals surface area contributed by atoms with Crippen molar-refractivity contribution in [3.63, 3.8) is 0 Å². The number of carbonyl (C=O) groups excluding carboxylic acids is 1. The monoisotopic (exact) mass is 290 g/mol. The number of likely N-dealkylation sites (tertiary alicyclic amines) is 1. The number of benzene rings is 1. The molecule has 112 valence electrons. The summed E-state index contributed by atoms with van der Waals surface area (Å²) in [4.78, 5) is 17.8. The summed E-state index contributed by atoms with van der Waals surface area (Å²) < 4.78 is 10.3. The minimum atomic E-state index is -0.390. The van der Waals surface area contributed by atoms with E-state index in [-0.39, 0.29) is 12.1 Å². The second-order valence-electron chi connectivity index (χ2n) is 5.19. The highest BCUT2D eigenvalue weighted by atomic mass is 16.5. The van der Waals surface area contributed by atoms with E-state index < -0.39 is 0 Å². The SMILES string of the molecule is COC(=O)NC1CCN(Cc2nc3ccc(N)cc3o2)C1. The number of nitrogens with zero attached hydrogens (tertiary/aromatic N) is 2. The number of carbonyl (C=O) groups is 1. The molecule has 3 N–H and O–H groups in total. The molecule has 1 aliphatic heterocycles. The molecule has 0 aliphatic carbocycles. The molecule has 1 unspecified atom stereocenters. The molecule has 1 aliphatic rings. The number of amides is 1. The van der Waals surface area contributed by atoms with Gasteiger partial charge in [-0.25, -0.2) is 9.78 Å². The van der Waals surface area contributed by atoms with Crippen LogP contribution in [-0.2, 0) is 11.3 Å². The summed E-state index contributed by atoms with van der Waals surface area (Å²) in [5, 5.41) is 2.81. The molecule has 0 spiro atoms. The minimum absolute atomic E-state index is 0.109. The lowest BCUT2D eigenvalue weighted by Gasteiger charge is -2.14. The Balaban J connectivity index is 1.62.